The molecule has 96 valence electrons. The summed E-state index contributed by atoms with van der Waals surface area (Å²) in [5, 5.41) is 0. The molecule has 0 bridgehead atoms. The fourth-order valence-corrected chi connectivity index (χ4v) is 3.87. The van der Waals surface area contributed by atoms with Gasteiger partial charge in [0.05, 0.1) is 0 Å². The number of hydrogen-bond donors (Lipinski definition) is 0. The minimum atomic E-state index is 0.196. The van der Waals surface area contributed by atoms with E-state index in [4.69, 9.17) is 0 Å². The maximum absolute atomic E-state index is 2.38. The first-order chi connectivity index (χ1) is 9.28. The van der Waals surface area contributed by atoms with Crippen LogP contribution < -0.4 is 0 Å². The highest BCUT2D eigenvalue weighted by Gasteiger charge is 2.30. The number of benzene rings is 2. The SMILES string of the molecule is CC1(c2ccccc2)CC(c2ccccc2)=CCS1. The Bertz CT molecular complexity index is 571. The van der Waals surface area contributed by atoms with Gasteiger partial charge in [0.2, 0.25) is 0 Å². The zero-order valence-corrected chi connectivity index (χ0v) is 12.0. The standard InChI is InChI=1S/C18H18S/c1-18(17-10-6-3-7-11-17)14-16(12-13-19-18)15-8-4-2-5-9-15/h2-12H,13-14H2,1H3. The molecular formula is C18H18S. The Labute approximate surface area is 119 Å². The van der Waals surface area contributed by atoms with Crippen LogP contribution in [0.3, 0.4) is 0 Å². The highest BCUT2D eigenvalue weighted by molar-refractivity contribution is 8.00. The molecule has 1 atom stereocenters. The molecule has 0 fully saturated rings. The summed E-state index contributed by atoms with van der Waals surface area (Å²) < 4.78 is 0.196. The van der Waals surface area contributed by atoms with Gasteiger partial charge in [-0.2, -0.15) is 0 Å². The van der Waals surface area contributed by atoms with Crippen LogP contribution in [0.2, 0.25) is 0 Å². The van der Waals surface area contributed by atoms with Gasteiger partial charge < -0.3 is 0 Å². The second-order valence-corrected chi connectivity index (χ2v) is 6.70. The van der Waals surface area contributed by atoms with Crippen LogP contribution in [0.1, 0.15) is 24.5 Å². The molecule has 19 heavy (non-hydrogen) atoms. The van der Waals surface area contributed by atoms with E-state index in [1.54, 1.807) is 0 Å². The topological polar surface area (TPSA) is 0 Å². The van der Waals surface area contributed by atoms with E-state index < -0.39 is 0 Å². The highest BCUT2D eigenvalue weighted by atomic mass is 32.2. The fourth-order valence-electron chi connectivity index (χ4n) is 2.66. The van der Waals surface area contributed by atoms with Crippen molar-refractivity contribution in [2.45, 2.75) is 18.1 Å². The maximum atomic E-state index is 2.38. The minimum Gasteiger partial charge on any atom is -0.146 e. The Morgan fingerprint density at radius 2 is 1.53 bits per heavy atom. The normalized spacial score (nSPS) is 22.9. The molecular weight excluding hydrogens is 248 g/mol. The first kappa shape index (κ1) is 12.6. The zero-order chi connectivity index (χ0) is 13.1. The van der Waals surface area contributed by atoms with Crippen LogP contribution in [0.4, 0.5) is 0 Å². The molecule has 1 aliphatic rings. The summed E-state index contributed by atoms with van der Waals surface area (Å²) in [6, 6.07) is 21.6. The number of allylic oxidation sites excluding steroid dienone is 1. The second-order valence-electron chi connectivity index (χ2n) is 5.18. The third-order valence-corrected chi connectivity index (χ3v) is 5.14. The third-order valence-electron chi connectivity index (χ3n) is 3.79. The molecule has 0 nitrogen and oxygen atoms in total. The lowest BCUT2D eigenvalue weighted by Gasteiger charge is -2.34. The van der Waals surface area contributed by atoms with Crippen molar-refractivity contribution in [3.8, 4) is 0 Å². The molecule has 2 aromatic rings. The Kier molecular flexibility index (Phi) is 3.48. The van der Waals surface area contributed by atoms with E-state index in [0.717, 1.165) is 12.2 Å². The summed E-state index contributed by atoms with van der Waals surface area (Å²) in [5.41, 5.74) is 4.28. The van der Waals surface area contributed by atoms with Gasteiger partial charge in [0.25, 0.3) is 0 Å². The van der Waals surface area contributed by atoms with Gasteiger partial charge in [0.15, 0.2) is 0 Å². The van der Waals surface area contributed by atoms with Crippen LogP contribution in [0.5, 0.6) is 0 Å². The van der Waals surface area contributed by atoms with E-state index in [9.17, 15) is 0 Å². The Hall–Kier alpha value is -1.47. The van der Waals surface area contributed by atoms with Gasteiger partial charge in [-0.1, -0.05) is 66.7 Å². The minimum absolute atomic E-state index is 0.196. The van der Waals surface area contributed by atoms with Gasteiger partial charge in [-0.3, -0.25) is 0 Å². The van der Waals surface area contributed by atoms with Crippen molar-refractivity contribution in [1.29, 1.82) is 0 Å². The van der Waals surface area contributed by atoms with Crippen LogP contribution in [0.15, 0.2) is 66.7 Å². The molecule has 0 saturated heterocycles. The smallest absolute Gasteiger partial charge is 0.0423 e. The lowest BCUT2D eigenvalue weighted by molar-refractivity contribution is 0.711. The molecule has 2 aromatic carbocycles. The van der Waals surface area contributed by atoms with Gasteiger partial charge in [-0.05, 0) is 30.0 Å². The molecule has 0 spiro atoms. The van der Waals surface area contributed by atoms with Crippen molar-refractivity contribution in [2.24, 2.45) is 0 Å². The van der Waals surface area contributed by atoms with Gasteiger partial charge >= 0.3 is 0 Å². The Morgan fingerprint density at radius 1 is 0.895 bits per heavy atom. The second kappa shape index (κ2) is 5.26. The van der Waals surface area contributed by atoms with Gasteiger partial charge in [-0.25, -0.2) is 0 Å². The summed E-state index contributed by atoms with van der Waals surface area (Å²) in [7, 11) is 0. The van der Waals surface area contributed by atoms with E-state index >= 15 is 0 Å². The molecule has 1 heteroatoms. The van der Waals surface area contributed by atoms with Crippen molar-refractivity contribution in [3.05, 3.63) is 77.9 Å². The summed E-state index contributed by atoms with van der Waals surface area (Å²) in [6.45, 7) is 2.36. The van der Waals surface area contributed by atoms with Crippen LogP contribution >= 0.6 is 11.8 Å². The van der Waals surface area contributed by atoms with Crippen LogP contribution in [0.25, 0.3) is 5.57 Å². The van der Waals surface area contributed by atoms with Crippen LogP contribution in [-0.2, 0) is 4.75 Å². The van der Waals surface area contributed by atoms with Crippen molar-refractivity contribution < 1.29 is 0 Å². The predicted octanol–water partition coefficient (Wildman–Crippen LogP) is 5.12. The Morgan fingerprint density at radius 3 is 2.21 bits per heavy atom. The summed E-state index contributed by atoms with van der Waals surface area (Å²) in [6.07, 6.45) is 3.48. The highest BCUT2D eigenvalue weighted by Crippen LogP contribution is 2.46. The van der Waals surface area contributed by atoms with Gasteiger partial charge in [0, 0.05) is 10.5 Å². The average Bonchev–Trinajstić information content (AvgIpc) is 2.49. The summed E-state index contributed by atoms with van der Waals surface area (Å²) >= 11 is 2.04. The van der Waals surface area contributed by atoms with Gasteiger partial charge in [-0.15, -0.1) is 11.8 Å². The molecule has 0 aromatic heterocycles. The van der Waals surface area contributed by atoms with Crippen molar-refractivity contribution in [3.63, 3.8) is 0 Å². The maximum Gasteiger partial charge on any atom is 0.0423 e. The fraction of sp³-hybridized carbons (Fsp3) is 0.222. The first-order valence-corrected chi connectivity index (χ1v) is 7.70. The van der Waals surface area contributed by atoms with Crippen LogP contribution in [-0.4, -0.2) is 5.75 Å². The molecule has 0 saturated carbocycles. The molecule has 0 aliphatic carbocycles. The number of hydrogen-bond acceptors (Lipinski definition) is 1. The third kappa shape index (κ3) is 2.62. The van der Waals surface area contributed by atoms with E-state index in [1.807, 2.05) is 11.8 Å². The van der Waals surface area contributed by atoms with E-state index in [1.165, 1.54) is 16.7 Å². The van der Waals surface area contributed by atoms with Crippen molar-refractivity contribution >= 4 is 17.3 Å². The van der Waals surface area contributed by atoms with E-state index in [-0.39, 0.29) is 4.75 Å². The lowest BCUT2D eigenvalue weighted by atomic mass is 9.89. The monoisotopic (exact) mass is 266 g/mol. The summed E-state index contributed by atoms with van der Waals surface area (Å²) in [4.78, 5) is 0. The number of thioether (sulfide) groups is 1. The molecule has 1 aliphatic heterocycles. The molecule has 1 unspecified atom stereocenters. The molecule has 1 heterocycles. The van der Waals surface area contributed by atoms with Crippen molar-refractivity contribution in [1.82, 2.24) is 0 Å². The zero-order valence-electron chi connectivity index (χ0n) is 11.2. The molecule has 0 N–H and O–H groups in total. The molecule has 0 amide bonds. The van der Waals surface area contributed by atoms with Gasteiger partial charge in [0.1, 0.15) is 0 Å². The molecule has 3 rings (SSSR count). The van der Waals surface area contributed by atoms with E-state index in [0.29, 0.717) is 0 Å². The average molecular weight is 266 g/mol. The lowest BCUT2D eigenvalue weighted by Crippen LogP contribution is -2.21. The quantitative estimate of drug-likeness (QED) is 0.726. The predicted molar refractivity (Wildman–Crippen MR) is 85.3 cm³/mol. The molecule has 0 radical (unpaired) electrons. The van der Waals surface area contributed by atoms with Crippen molar-refractivity contribution in [2.75, 3.05) is 5.75 Å². The largest absolute Gasteiger partial charge is 0.146 e. The van der Waals surface area contributed by atoms with Crippen LogP contribution in [0, 0.1) is 0 Å². The first-order valence-electron chi connectivity index (χ1n) is 6.72. The number of rotatable bonds is 2. The van der Waals surface area contributed by atoms with E-state index in [2.05, 4.69) is 73.7 Å². The summed E-state index contributed by atoms with van der Waals surface area (Å²) in [5.74, 6) is 1.09. The Balaban J connectivity index is 1.91.